The molecule has 2 aliphatic heterocycles. The van der Waals surface area contributed by atoms with E-state index in [1.165, 1.54) is 6.07 Å². The number of fused-ring (bicyclic) bond motifs is 1. The number of hydrogen-bond donors (Lipinski definition) is 1. The Morgan fingerprint density at radius 1 is 1.36 bits per heavy atom. The summed E-state index contributed by atoms with van der Waals surface area (Å²) in [6, 6.07) is 6.44. The van der Waals surface area contributed by atoms with Gasteiger partial charge in [0.05, 0.1) is 12.1 Å². The summed E-state index contributed by atoms with van der Waals surface area (Å²) < 4.78 is 13.8. The molecule has 1 N–H and O–H groups in total. The van der Waals surface area contributed by atoms with Gasteiger partial charge in [-0.3, -0.25) is 4.79 Å². The first-order chi connectivity index (χ1) is 12.2. The van der Waals surface area contributed by atoms with Gasteiger partial charge in [0.25, 0.3) is 0 Å². The van der Waals surface area contributed by atoms with Crippen LogP contribution in [0.4, 0.5) is 4.39 Å². The lowest BCUT2D eigenvalue weighted by Crippen LogP contribution is -2.37. The van der Waals surface area contributed by atoms with Crippen LogP contribution in [0.25, 0.3) is 0 Å². The molecular weight excluding hydrogens is 319 g/mol. The number of aromatic nitrogens is 2. The van der Waals surface area contributed by atoms with Gasteiger partial charge in [0.1, 0.15) is 11.6 Å². The molecule has 6 heteroatoms. The molecule has 0 radical (unpaired) electrons. The summed E-state index contributed by atoms with van der Waals surface area (Å²) in [6.45, 7) is 3.08. The van der Waals surface area contributed by atoms with E-state index in [1.54, 1.807) is 23.1 Å². The average Bonchev–Trinajstić information content (AvgIpc) is 3.17. The number of amides is 1. The molecule has 1 saturated heterocycles. The quantitative estimate of drug-likeness (QED) is 0.926. The molecule has 0 saturated carbocycles. The zero-order valence-corrected chi connectivity index (χ0v) is 14.0. The van der Waals surface area contributed by atoms with Crippen LogP contribution in [0.1, 0.15) is 35.0 Å². The largest absolute Gasteiger partial charge is 0.338 e. The van der Waals surface area contributed by atoms with E-state index in [9.17, 15) is 9.18 Å². The molecule has 1 aromatic heterocycles. The molecule has 5 nitrogen and oxygen atoms in total. The standard InChI is InChI=1S/C19H21FN4O/c20-16-4-2-1-3-13(16)9-18(25)24-8-6-17-15(12-24)11-22-19(23-17)14-5-7-21-10-14/h1-4,11,14,21H,5-10,12H2. The normalized spacial score (nSPS) is 19.7. The number of rotatable bonds is 3. The molecule has 2 aliphatic rings. The predicted molar refractivity (Wildman–Crippen MR) is 91.5 cm³/mol. The maximum absolute atomic E-state index is 13.8. The van der Waals surface area contributed by atoms with Gasteiger partial charge in [-0.15, -0.1) is 0 Å². The number of halogens is 1. The van der Waals surface area contributed by atoms with Gasteiger partial charge in [-0.05, 0) is 24.6 Å². The third kappa shape index (κ3) is 3.39. The van der Waals surface area contributed by atoms with Crippen LogP contribution in [-0.2, 0) is 24.2 Å². The Bertz CT molecular complexity index is 789. The van der Waals surface area contributed by atoms with Crippen molar-refractivity contribution in [1.29, 1.82) is 0 Å². The van der Waals surface area contributed by atoms with E-state index in [0.717, 1.165) is 43.0 Å². The summed E-state index contributed by atoms with van der Waals surface area (Å²) in [6.07, 6.45) is 3.76. The second-order valence-corrected chi connectivity index (χ2v) is 6.72. The van der Waals surface area contributed by atoms with Gasteiger partial charge in [-0.25, -0.2) is 14.4 Å². The molecular formula is C19H21FN4O. The highest BCUT2D eigenvalue weighted by Gasteiger charge is 2.25. The van der Waals surface area contributed by atoms with Crippen LogP contribution >= 0.6 is 0 Å². The van der Waals surface area contributed by atoms with Gasteiger partial charge < -0.3 is 10.2 Å². The van der Waals surface area contributed by atoms with Crippen LogP contribution in [0, 0.1) is 5.82 Å². The molecule has 1 fully saturated rings. The second kappa shape index (κ2) is 6.88. The van der Waals surface area contributed by atoms with Crippen LogP contribution in [0.2, 0.25) is 0 Å². The second-order valence-electron chi connectivity index (χ2n) is 6.72. The van der Waals surface area contributed by atoms with Gasteiger partial charge >= 0.3 is 0 Å². The van der Waals surface area contributed by atoms with Crippen LogP contribution in [0.5, 0.6) is 0 Å². The Balaban J connectivity index is 1.45. The molecule has 1 unspecified atom stereocenters. The minimum absolute atomic E-state index is 0.0557. The van der Waals surface area contributed by atoms with Gasteiger partial charge in [-0.2, -0.15) is 0 Å². The third-order valence-corrected chi connectivity index (χ3v) is 5.03. The summed E-state index contributed by atoms with van der Waals surface area (Å²) in [5, 5.41) is 3.34. The first-order valence-corrected chi connectivity index (χ1v) is 8.77. The lowest BCUT2D eigenvalue weighted by molar-refractivity contribution is -0.131. The van der Waals surface area contributed by atoms with Gasteiger partial charge in [0.2, 0.25) is 5.91 Å². The van der Waals surface area contributed by atoms with Crippen molar-refractivity contribution in [3.8, 4) is 0 Å². The summed E-state index contributed by atoms with van der Waals surface area (Å²) in [5.41, 5.74) is 2.49. The van der Waals surface area contributed by atoms with Crippen LogP contribution in [-0.4, -0.2) is 40.4 Å². The van der Waals surface area contributed by atoms with E-state index >= 15 is 0 Å². The molecule has 4 rings (SSSR count). The zero-order chi connectivity index (χ0) is 17.2. The molecule has 0 bridgehead atoms. The van der Waals surface area contributed by atoms with Crippen molar-refractivity contribution in [3.63, 3.8) is 0 Å². The van der Waals surface area contributed by atoms with Crippen LogP contribution in [0.3, 0.4) is 0 Å². The number of hydrogen-bond acceptors (Lipinski definition) is 4. The predicted octanol–water partition coefficient (Wildman–Crippen LogP) is 1.82. The van der Waals surface area contributed by atoms with Crippen molar-refractivity contribution in [3.05, 3.63) is 58.9 Å². The fourth-order valence-corrected chi connectivity index (χ4v) is 3.53. The van der Waals surface area contributed by atoms with E-state index in [0.29, 0.717) is 24.6 Å². The van der Waals surface area contributed by atoms with Crippen LogP contribution in [0.15, 0.2) is 30.5 Å². The third-order valence-electron chi connectivity index (χ3n) is 5.03. The Morgan fingerprint density at radius 3 is 3.04 bits per heavy atom. The summed E-state index contributed by atoms with van der Waals surface area (Å²) in [5.74, 6) is 0.923. The number of benzene rings is 1. The summed E-state index contributed by atoms with van der Waals surface area (Å²) in [7, 11) is 0. The monoisotopic (exact) mass is 340 g/mol. The topological polar surface area (TPSA) is 58.1 Å². The van der Waals surface area contributed by atoms with Crippen molar-refractivity contribution >= 4 is 5.91 Å². The molecule has 130 valence electrons. The molecule has 3 heterocycles. The zero-order valence-electron chi connectivity index (χ0n) is 14.0. The number of carbonyl (C=O) groups is 1. The highest BCUT2D eigenvalue weighted by atomic mass is 19.1. The lowest BCUT2D eigenvalue weighted by Gasteiger charge is -2.28. The van der Waals surface area contributed by atoms with E-state index in [1.807, 2.05) is 6.20 Å². The molecule has 0 aliphatic carbocycles. The molecule has 1 amide bonds. The van der Waals surface area contributed by atoms with E-state index in [4.69, 9.17) is 4.98 Å². The molecule has 1 aromatic carbocycles. The fraction of sp³-hybridized carbons (Fsp3) is 0.421. The van der Waals surface area contributed by atoms with E-state index < -0.39 is 0 Å². The number of nitrogens with one attached hydrogen (secondary N) is 1. The van der Waals surface area contributed by atoms with Crippen LogP contribution < -0.4 is 5.32 Å². The summed E-state index contributed by atoms with van der Waals surface area (Å²) in [4.78, 5) is 23.5. The van der Waals surface area contributed by atoms with Gasteiger partial charge in [0, 0.05) is 43.7 Å². The molecule has 25 heavy (non-hydrogen) atoms. The maximum Gasteiger partial charge on any atom is 0.227 e. The van der Waals surface area contributed by atoms with Crippen molar-refractivity contribution in [2.24, 2.45) is 0 Å². The smallest absolute Gasteiger partial charge is 0.227 e. The Labute approximate surface area is 146 Å². The first kappa shape index (κ1) is 16.1. The maximum atomic E-state index is 13.8. The Morgan fingerprint density at radius 2 is 2.24 bits per heavy atom. The lowest BCUT2D eigenvalue weighted by atomic mass is 10.0. The number of carbonyl (C=O) groups excluding carboxylic acids is 1. The Kier molecular flexibility index (Phi) is 4.44. The van der Waals surface area contributed by atoms with E-state index in [-0.39, 0.29) is 18.1 Å². The highest BCUT2D eigenvalue weighted by molar-refractivity contribution is 5.79. The molecule has 1 atom stereocenters. The van der Waals surface area contributed by atoms with E-state index in [2.05, 4.69) is 10.3 Å². The Hall–Kier alpha value is -2.34. The minimum Gasteiger partial charge on any atom is -0.338 e. The first-order valence-electron chi connectivity index (χ1n) is 8.77. The van der Waals surface area contributed by atoms with Crippen molar-refractivity contribution in [2.45, 2.75) is 31.7 Å². The molecule has 0 spiro atoms. The van der Waals surface area contributed by atoms with Gasteiger partial charge in [0.15, 0.2) is 0 Å². The fourth-order valence-electron chi connectivity index (χ4n) is 3.53. The molecule has 2 aromatic rings. The number of nitrogens with zero attached hydrogens (tertiary/aromatic N) is 3. The SMILES string of the molecule is O=C(Cc1ccccc1F)N1CCc2nc(C3CCNC3)ncc2C1. The van der Waals surface area contributed by atoms with Crippen molar-refractivity contribution < 1.29 is 9.18 Å². The van der Waals surface area contributed by atoms with Crippen molar-refractivity contribution in [1.82, 2.24) is 20.2 Å². The highest BCUT2D eigenvalue weighted by Crippen LogP contribution is 2.23. The minimum atomic E-state index is -0.327. The van der Waals surface area contributed by atoms with Gasteiger partial charge in [-0.1, -0.05) is 18.2 Å². The summed E-state index contributed by atoms with van der Waals surface area (Å²) >= 11 is 0. The van der Waals surface area contributed by atoms with Crippen molar-refractivity contribution in [2.75, 3.05) is 19.6 Å². The average molecular weight is 340 g/mol.